The lowest BCUT2D eigenvalue weighted by Crippen LogP contribution is -2.59. The summed E-state index contributed by atoms with van der Waals surface area (Å²) in [5.41, 5.74) is 3.27. The minimum atomic E-state index is -0.524. The van der Waals surface area contributed by atoms with Crippen molar-refractivity contribution in [2.24, 2.45) is 4.99 Å². The molecule has 0 saturated heterocycles. The van der Waals surface area contributed by atoms with E-state index in [0.29, 0.717) is 22.5 Å². The summed E-state index contributed by atoms with van der Waals surface area (Å²) < 4.78 is 6.07. The molecule has 0 aromatic heterocycles. The van der Waals surface area contributed by atoms with Crippen LogP contribution in [-0.2, 0) is 11.2 Å². The largest absolute Gasteiger partial charge is 0.376 e. The first kappa shape index (κ1) is 22.1. The van der Waals surface area contributed by atoms with Gasteiger partial charge in [-0.15, -0.1) is 0 Å². The molecule has 1 heterocycles. The van der Waals surface area contributed by atoms with E-state index in [1.807, 2.05) is 32.0 Å². The van der Waals surface area contributed by atoms with E-state index in [-0.39, 0.29) is 18.3 Å². The first-order valence-corrected chi connectivity index (χ1v) is 11.2. The molecular formula is C23H27Cl2N5O. The lowest BCUT2D eigenvalue weighted by molar-refractivity contribution is 0.0476. The fourth-order valence-corrected chi connectivity index (χ4v) is 4.94. The van der Waals surface area contributed by atoms with Crippen LogP contribution in [0.2, 0.25) is 10.0 Å². The molecule has 0 amide bonds. The maximum absolute atomic E-state index is 8.71. The second-order valence-electron chi connectivity index (χ2n) is 7.79. The van der Waals surface area contributed by atoms with Gasteiger partial charge < -0.3 is 15.0 Å². The third kappa shape index (κ3) is 4.17. The normalized spacial score (nSPS) is 25.4. The smallest absolute Gasteiger partial charge is 0.139 e. The van der Waals surface area contributed by atoms with Crippen molar-refractivity contribution in [2.45, 2.75) is 37.7 Å². The zero-order valence-electron chi connectivity index (χ0n) is 17.8. The van der Waals surface area contributed by atoms with Crippen LogP contribution in [0.3, 0.4) is 0 Å². The Balaban J connectivity index is 1.73. The zero-order chi connectivity index (χ0) is 22.1. The molecule has 0 radical (unpaired) electrons. The number of aliphatic imine (C=N–C) groups is 1. The molecule has 31 heavy (non-hydrogen) atoms. The highest BCUT2D eigenvalue weighted by molar-refractivity contribution is 6.35. The van der Waals surface area contributed by atoms with E-state index in [2.05, 4.69) is 34.9 Å². The molecule has 4 atom stereocenters. The van der Waals surface area contributed by atoms with E-state index in [0.717, 1.165) is 17.8 Å². The van der Waals surface area contributed by atoms with Gasteiger partial charge in [0.1, 0.15) is 23.9 Å². The van der Waals surface area contributed by atoms with Crippen molar-refractivity contribution in [1.29, 1.82) is 5.41 Å². The Hall–Kier alpha value is -2.12. The van der Waals surface area contributed by atoms with Crippen LogP contribution in [0.25, 0.3) is 0 Å². The zero-order valence-corrected chi connectivity index (χ0v) is 19.3. The van der Waals surface area contributed by atoms with Gasteiger partial charge in [0.05, 0.1) is 12.1 Å². The number of nitrogens with one attached hydrogen (secondary N) is 3. The highest BCUT2D eigenvalue weighted by Gasteiger charge is 2.39. The standard InChI is InChI=1S/C23H27Cl2N5O/c1-4-31-18-11-13-7-5-6-8-15(13)19(18)28-22-23(27-2)30(3)21(26)20(29-22)16-10-9-14(24)12-17(16)25/h5-10,12,18-20,23,26-27H,4,11H2,1-3H3,(H,28,29)/t18-,19+,20?,23?/m0/s1. The summed E-state index contributed by atoms with van der Waals surface area (Å²) >= 11 is 12.6. The summed E-state index contributed by atoms with van der Waals surface area (Å²) in [7, 11) is 3.75. The number of rotatable bonds is 5. The van der Waals surface area contributed by atoms with Crippen LogP contribution in [0.1, 0.15) is 35.7 Å². The molecular weight excluding hydrogens is 433 g/mol. The lowest BCUT2D eigenvalue weighted by atomic mass is 10.0. The van der Waals surface area contributed by atoms with E-state index in [1.165, 1.54) is 11.1 Å². The monoisotopic (exact) mass is 459 g/mol. The van der Waals surface area contributed by atoms with Crippen molar-refractivity contribution >= 4 is 34.9 Å². The van der Waals surface area contributed by atoms with E-state index in [9.17, 15) is 0 Å². The minimum absolute atomic E-state index is 0.0202. The number of ether oxygens (including phenoxy) is 1. The van der Waals surface area contributed by atoms with Crippen LogP contribution in [0.5, 0.6) is 0 Å². The van der Waals surface area contributed by atoms with E-state index >= 15 is 0 Å². The van der Waals surface area contributed by atoms with E-state index in [1.54, 1.807) is 12.1 Å². The van der Waals surface area contributed by atoms with Crippen LogP contribution in [0.15, 0.2) is 47.5 Å². The number of nitrogens with zero attached hydrogens (tertiary/aromatic N) is 2. The first-order valence-electron chi connectivity index (χ1n) is 10.4. The third-order valence-corrected chi connectivity index (χ3v) is 6.51. The number of hydrogen-bond acceptors (Lipinski definition) is 5. The van der Waals surface area contributed by atoms with Crippen LogP contribution >= 0.6 is 23.2 Å². The van der Waals surface area contributed by atoms with Crippen molar-refractivity contribution < 1.29 is 4.74 Å². The van der Waals surface area contributed by atoms with Gasteiger partial charge in [0.2, 0.25) is 0 Å². The number of fused-ring (bicyclic) bond motifs is 1. The van der Waals surface area contributed by atoms with Gasteiger partial charge in [-0.1, -0.05) is 53.5 Å². The van der Waals surface area contributed by atoms with Gasteiger partial charge >= 0.3 is 0 Å². The molecule has 2 aliphatic rings. The highest BCUT2D eigenvalue weighted by Crippen LogP contribution is 2.36. The summed E-state index contributed by atoms with van der Waals surface area (Å²) in [5.74, 6) is 1.12. The fourth-order valence-electron chi connectivity index (χ4n) is 4.43. The Kier molecular flexibility index (Phi) is 6.53. The number of halogens is 2. The maximum Gasteiger partial charge on any atom is 0.139 e. The van der Waals surface area contributed by atoms with Crippen molar-refractivity contribution in [3.05, 3.63) is 69.2 Å². The molecule has 1 aliphatic heterocycles. The molecule has 1 aliphatic carbocycles. The van der Waals surface area contributed by atoms with Gasteiger partial charge in [-0.3, -0.25) is 15.7 Å². The van der Waals surface area contributed by atoms with Gasteiger partial charge in [0.25, 0.3) is 0 Å². The molecule has 0 saturated carbocycles. The van der Waals surface area contributed by atoms with E-state index in [4.69, 9.17) is 38.3 Å². The van der Waals surface area contributed by atoms with Crippen LogP contribution in [0, 0.1) is 5.41 Å². The molecule has 0 fully saturated rings. The predicted molar refractivity (Wildman–Crippen MR) is 126 cm³/mol. The molecule has 2 aromatic carbocycles. The number of hydrogen-bond donors (Lipinski definition) is 3. The predicted octanol–water partition coefficient (Wildman–Crippen LogP) is 4.19. The Morgan fingerprint density at radius 3 is 2.68 bits per heavy atom. The van der Waals surface area contributed by atoms with Gasteiger partial charge in [-0.25, -0.2) is 0 Å². The summed E-state index contributed by atoms with van der Waals surface area (Å²) in [6.45, 7) is 2.66. The topological polar surface area (TPSA) is 72.7 Å². The molecule has 4 rings (SSSR count). The first-order chi connectivity index (χ1) is 14.9. The Bertz CT molecular complexity index is 1010. The van der Waals surface area contributed by atoms with Gasteiger partial charge in [-0.05, 0) is 37.2 Å². The molecule has 8 heteroatoms. The summed E-state index contributed by atoms with van der Waals surface area (Å²) in [6, 6.07) is 13.2. The molecule has 2 unspecified atom stereocenters. The average Bonchev–Trinajstić information content (AvgIpc) is 3.09. The third-order valence-electron chi connectivity index (χ3n) is 5.95. The van der Waals surface area contributed by atoms with Gasteiger partial charge in [0.15, 0.2) is 0 Å². The van der Waals surface area contributed by atoms with Crippen LogP contribution in [0.4, 0.5) is 0 Å². The van der Waals surface area contributed by atoms with Gasteiger partial charge in [-0.2, -0.15) is 0 Å². The van der Waals surface area contributed by atoms with Gasteiger partial charge in [0, 0.05) is 35.7 Å². The maximum atomic E-state index is 8.71. The van der Waals surface area contributed by atoms with Crippen molar-refractivity contribution in [3.63, 3.8) is 0 Å². The second kappa shape index (κ2) is 9.17. The molecule has 0 bridgehead atoms. The summed E-state index contributed by atoms with van der Waals surface area (Å²) in [6.07, 6.45) is 0.619. The van der Waals surface area contributed by atoms with Crippen molar-refractivity contribution in [1.82, 2.24) is 15.5 Å². The Labute approximate surface area is 193 Å². The summed E-state index contributed by atoms with van der Waals surface area (Å²) in [5, 5.41) is 16.7. The fraction of sp³-hybridized carbons (Fsp3) is 0.391. The second-order valence-corrected chi connectivity index (χ2v) is 8.63. The molecule has 2 aromatic rings. The van der Waals surface area contributed by atoms with E-state index < -0.39 is 6.04 Å². The molecule has 3 N–H and O–H groups in total. The lowest BCUT2D eigenvalue weighted by Gasteiger charge is -2.39. The minimum Gasteiger partial charge on any atom is -0.376 e. The SMILES string of the molecule is CCO[C@H]1Cc2ccccc2[C@H]1NC1=NC(c2ccc(Cl)cc2Cl)C(=N)N(C)C1NC. The van der Waals surface area contributed by atoms with Crippen LogP contribution in [-0.4, -0.2) is 49.5 Å². The molecule has 164 valence electrons. The van der Waals surface area contributed by atoms with Crippen molar-refractivity contribution in [2.75, 3.05) is 20.7 Å². The quantitative estimate of drug-likeness (QED) is 0.626. The van der Waals surface area contributed by atoms with Crippen molar-refractivity contribution in [3.8, 4) is 0 Å². The molecule has 0 spiro atoms. The highest BCUT2D eigenvalue weighted by atomic mass is 35.5. The number of amidine groups is 2. The number of likely N-dealkylation sites (N-methyl/N-ethyl adjacent to an activating group) is 2. The molecule has 6 nitrogen and oxygen atoms in total. The van der Waals surface area contributed by atoms with Crippen LogP contribution < -0.4 is 10.6 Å². The summed E-state index contributed by atoms with van der Waals surface area (Å²) in [4.78, 5) is 6.83. The Morgan fingerprint density at radius 2 is 1.97 bits per heavy atom. The number of benzene rings is 2. The average molecular weight is 460 g/mol. The Morgan fingerprint density at radius 1 is 1.19 bits per heavy atom.